The molecule has 0 saturated heterocycles. The van der Waals surface area contributed by atoms with Gasteiger partial charge >= 0.3 is 0 Å². The van der Waals surface area contributed by atoms with Gasteiger partial charge in [0.1, 0.15) is 0 Å². The molecular formula is C12H19NS. The van der Waals surface area contributed by atoms with Crippen LogP contribution in [0.25, 0.3) is 0 Å². The van der Waals surface area contributed by atoms with Gasteiger partial charge in [-0.15, -0.1) is 11.3 Å². The summed E-state index contributed by atoms with van der Waals surface area (Å²) in [5, 5.41) is 5.80. The van der Waals surface area contributed by atoms with Gasteiger partial charge in [-0.2, -0.15) is 0 Å². The van der Waals surface area contributed by atoms with E-state index < -0.39 is 0 Å². The molecule has 1 fully saturated rings. The van der Waals surface area contributed by atoms with E-state index in [1.165, 1.54) is 17.7 Å². The summed E-state index contributed by atoms with van der Waals surface area (Å²) in [7, 11) is 0. The minimum atomic E-state index is 0.590. The number of thiophene rings is 1. The van der Waals surface area contributed by atoms with Gasteiger partial charge in [0, 0.05) is 10.9 Å². The Labute approximate surface area is 90.5 Å². The van der Waals surface area contributed by atoms with Crippen molar-refractivity contribution >= 4 is 11.3 Å². The first-order valence-corrected chi connectivity index (χ1v) is 6.47. The molecule has 0 aromatic carbocycles. The van der Waals surface area contributed by atoms with Crippen LogP contribution >= 0.6 is 11.3 Å². The molecule has 0 spiro atoms. The van der Waals surface area contributed by atoms with Crippen LogP contribution in [0.2, 0.25) is 0 Å². The normalized spacial score (nSPS) is 20.7. The molecule has 2 heteroatoms. The summed E-state index contributed by atoms with van der Waals surface area (Å²) >= 11 is 1.88. The molecule has 1 aromatic rings. The standard InChI is InChI=1S/C12H19NS/c1-3-13-12(9(2)10-6-7-10)11-5-4-8-14-11/h4-5,8-10,12-13H,3,6-7H2,1-2H3. The van der Waals surface area contributed by atoms with E-state index in [0.29, 0.717) is 6.04 Å². The minimum absolute atomic E-state index is 0.590. The molecule has 2 rings (SSSR count). The molecule has 0 aliphatic heterocycles. The summed E-state index contributed by atoms with van der Waals surface area (Å²) in [6.45, 7) is 5.66. The van der Waals surface area contributed by atoms with Crippen molar-refractivity contribution in [3.63, 3.8) is 0 Å². The molecule has 1 aliphatic carbocycles. The smallest absolute Gasteiger partial charge is 0.0443 e. The fraction of sp³-hybridized carbons (Fsp3) is 0.667. The summed E-state index contributed by atoms with van der Waals surface area (Å²) < 4.78 is 0. The second kappa shape index (κ2) is 4.45. The maximum absolute atomic E-state index is 3.62. The van der Waals surface area contributed by atoms with Crippen LogP contribution in [0, 0.1) is 11.8 Å². The summed E-state index contributed by atoms with van der Waals surface area (Å²) in [5.74, 6) is 1.77. The van der Waals surface area contributed by atoms with Gasteiger partial charge in [0.05, 0.1) is 0 Å². The van der Waals surface area contributed by atoms with Crippen molar-refractivity contribution < 1.29 is 0 Å². The van der Waals surface area contributed by atoms with Gasteiger partial charge in [-0.05, 0) is 42.7 Å². The van der Waals surface area contributed by atoms with E-state index in [-0.39, 0.29) is 0 Å². The third-order valence-electron chi connectivity index (χ3n) is 3.17. The number of hydrogen-bond acceptors (Lipinski definition) is 2. The lowest BCUT2D eigenvalue weighted by Crippen LogP contribution is -2.27. The van der Waals surface area contributed by atoms with Crippen LogP contribution < -0.4 is 5.32 Å². The van der Waals surface area contributed by atoms with Crippen LogP contribution in [0.5, 0.6) is 0 Å². The quantitative estimate of drug-likeness (QED) is 0.783. The van der Waals surface area contributed by atoms with Crippen LogP contribution in [0.3, 0.4) is 0 Å². The van der Waals surface area contributed by atoms with E-state index in [9.17, 15) is 0 Å². The SMILES string of the molecule is CCNC(c1cccs1)C(C)C1CC1. The molecule has 2 atom stereocenters. The van der Waals surface area contributed by atoms with Gasteiger partial charge in [0.2, 0.25) is 0 Å². The van der Waals surface area contributed by atoms with E-state index in [2.05, 4.69) is 36.7 Å². The summed E-state index contributed by atoms with van der Waals surface area (Å²) in [6.07, 6.45) is 2.88. The van der Waals surface area contributed by atoms with Gasteiger partial charge in [-0.25, -0.2) is 0 Å². The number of rotatable bonds is 5. The zero-order chi connectivity index (χ0) is 9.97. The van der Waals surface area contributed by atoms with Gasteiger partial charge in [0.15, 0.2) is 0 Å². The molecule has 1 heterocycles. The Hall–Kier alpha value is -0.340. The molecule has 1 nitrogen and oxygen atoms in total. The molecule has 2 unspecified atom stereocenters. The summed E-state index contributed by atoms with van der Waals surface area (Å²) in [5.41, 5.74) is 0. The van der Waals surface area contributed by atoms with Gasteiger partial charge in [-0.1, -0.05) is 19.9 Å². The predicted molar refractivity (Wildman–Crippen MR) is 62.6 cm³/mol. The van der Waals surface area contributed by atoms with E-state index in [0.717, 1.165) is 18.4 Å². The Morgan fingerprint density at radius 3 is 2.86 bits per heavy atom. The first-order chi connectivity index (χ1) is 6.83. The van der Waals surface area contributed by atoms with Crippen LogP contribution in [0.15, 0.2) is 17.5 Å². The monoisotopic (exact) mass is 209 g/mol. The lowest BCUT2D eigenvalue weighted by molar-refractivity contribution is 0.360. The van der Waals surface area contributed by atoms with Crippen LogP contribution in [0.1, 0.15) is 37.6 Å². The summed E-state index contributed by atoms with van der Waals surface area (Å²) in [4.78, 5) is 1.51. The fourth-order valence-electron chi connectivity index (χ4n) is 2.13. The molecule has 78 valence electrons. The molecule has 14 heavy (non-hydrogen) atoms. The Balaban J connectivity index is 2.06. The highest BCUT2D eigenvalue weighted by Crippen LogP contribution is 2.43. The molecule has 1 aromatic heterocycles. The van der Waals surface area contributed by atoms with Crippen molar-refractivity contribution in [2.75, 3.05) is 6.54 Å². The Kier molecular flexibility index (Phi) is 3.24. The number of nitrogens with one attached hydrogen (secondary N) is 1. The maximum Gasteiger partial charge on any atom is 0.0443 e. The second-order valence-corrected chi connectivity index (χ2v) is 5.23. The molecule has 0 bridgehead atoms. The Morgan fingerprint density at radius 2 is 2.36 bits per heavy atom. The second-order valence-electron chi connectivity index (χ2n) is 4.25. The van der Waals surface area contributed by atoms with Crippen molar-refractivity contribution in [1.82, 2.24) is 5.32 Å². The molecule has 1 N–H and O–H groups in total. The van der Waals surface area contributed by atoms with Crippen molar-refractivity contribution in [2.45, 2.75) is 32.7 Å². The lowest BCUT2D eigenvalue weighted by Gasteiger charge is -2.23. The molecule has 0 radical (unpaired) electrons. The first-order valence-electron chi connectivity index (χ1n) is 5.59. The zero-order valence-electron chi connectivity index (χ0n) is 8.99. The number of hydrogen-bond donors (Lipinski definition) is 1. The Morgan fingerprint density at radius 1 is 1.57 bits per heavy atom. The van der Waals surface area contributed by atoms with Crippen LogP contribution in [-0.2, 0) is 0 Å². The average Bonchev–Trinajstić information content (AvgIpc) is 2.91. The largest absolute Gasteiger partial charge is 0.309 e. The Bertz CT molecular complexity index is 264. The van der Waals surface area contributed by atoms with Crippen molar-refractivity contribution in [1.29, 1.82) is 0 Å². The van der Waals surface area contributed by atoms with Gasteiger partial charge < -0.3 is 5.32 Å². The molecular weight excluding hydrogens is 190 g/mol. The lowest BCUT2D eigenvalue weighted by atomic mass is 9.95. The topological polar surface area (TPSA) is 12.0 Å². The van der Waals surface area contributed by atoms with E-state index in [4.69, 9.17) is 0 Å². The maximum atomic E-state index is 3.62. The van der Waals surface area contributed by atoms with Crippen molar-refractivity contribution in [3.05, 3.63) is 22.4 Å². The van der Waals surface area contributed by atoms with Gasteiger partial charge in [0.25, 0.3) is 0 Å². The van der Waals surface area contributed by atoms with Gasteiger partial charge in [-0.3, -0.25) is 0 Å². The van der Waals surface area contributed by atoms with E-state index in [1.54, 1.807) is 0 Å². The zero-order valence-corrected chi connectivity index (χ0v) is 9.81. The average molecular weight is 209 g/mol. The highest BCUT2D eigenvalue weighted by atomic mass is 32.1. The van der Waals surface area contributed by atoms with Crippen LogP contribution in [0.4, 0.5) is 0 Å². The van der Waals surface area contributed by atoms with E-state index in [1.807, 2.05) is 11.3 Å². The molecule has 1 aliphatic rings. The molecule has 1 saturated carbocycles. The third-order valence-corrected chi connectivity index (χ3v) is 4.12. The minimum Gasteiger partial charge on any atom is -0.309 e. The summed E-state index contributed by atoms with van der Waals surface area (Å²) in [6, 6.07) is 5.01. The van der Waals surface area contributed by atoms with Crippen molar-refractivity contribution in [3.8, 4) is 0 Å². The first kappa shape index (κ1) is 10.2. The fourth-order valence-corrected chi connectivity index (χ4v) is 3.04. The van der Waals surface area contributed by atoms with Crippen molar-refractivity contribution in [2.24, 2.45) is 11.8 Å². The molecule has 0 amide bonds. The van der Waals surface area contributed by atoms with E-state index >= 15 is 0 Å². The highest BCUT2D eigenvalue weighted by molar-refractivity contribution is 7.10. The van der Waals surface area contributed by atoms with Crippen LogP contribution in [-0.4, -0.2) is 6.54 Å². The highest BCUT2D eigenvalue weighted by Gasteiger charge is 2.33. The predicted octanol–water partition coefficient (Wildman–Crippen LogP) is 3.44. The third kappa shape index (κ3) is 2.18.